The molecule has 0 amide bonds. The van der Waals surface area contributed by atoms with Crippen molar-refractivity contribution in [3.63, 3.8) is 0 Å². The van der Waals surface area contributed by atoms with Crippen molar-refractivity contribution in [2.24, 2.45) is 0 Å². The molecule has 0 fully saturated rings. The fraction of sp³-hybridized carbons (Fsp3) is 0.231. The third-order valence-corrected chi connectivity index (χ3v) is 2.96. The standard InChI is InChI=1S/C13H10ClF3/c14-12(8-13(15,16)17)11-7-3-5-9-4-1-2-6-10(9)11/h1-7,12H,8H2. The number of benzene rings is 2. The van der Waals surface area contributed by atoms with Gasteiger partial charge in [-0.15, -0.1) is 11.6 Å². The summed E-state index contributed by atoms with van der Waals surface area (Å²) in [7, 11) is 0. The zero-order valence-electron chi connectivity index (χ0n) is 8.84. The first-order valence-corrected chi connectivity index (χ1v) is 5.59. The smallest absolute Gasteiger partial charge is 0.171 e. The van der Waals surface area contributed by atoms with Gasteiger partial charge >= 0.3 is 6.18 Å². The highest BCUT2D eigenvalue weighted by Crippen LogP contribution is 2.36. The van der Waals surface area contributed by atoms with Gasteiger partial charge in [0.1, 0.15) is 0 Å². The van der Waals surface area contributed by atoms with Crippen LogP contribution in [0, 0.1) is 0 Å². The predicted molar refractivity (Wildman–Crippen MR) is 63.2 cm³/mol. The molecule has 0 radical (unpaired) electrons. The van der Waals surface area contributed by atoms with Crippen molar-refractivity contribution in [1.82, 2.24) is 0 Å². The Bertz CT molecular complexity index is 514. The highest BCUT2D eigenvalue weighted by atomic mass is 35.5. The molecule has 1 unspecified atom stereocenters. The normalized spacial score (nSPS) is 13.9. The minimum atomic E-state index is -4.25. The molecule has 0 N–H and O–H groups in total. The maximum absolute atomic E-state index is 12.3. The molecule has 0 aromatic heterocycles. The Balaban J connectivity index is 2.41. The Hall–Kier alpha value is -1.22. The number of hydrogen-bond donors (Lipinski definition) is 0. The van der Waals surface area contributed by atoms with E-state index in [0.29, 0.717) is 5.56 Å². The fourth-order valence-electron chi connectivity index (χ4n) is 1.84. The van der Waals surface area contributed by atoms with E-state index in [-0.39, 0.29) is 0 Å². The van der Waals surface area contributed by atoms with Gasteiger partial charge in [-0.05, 0) is 16.3 Å². The largest absolute Gasteiger partial charge is 0.390 e. The van der Waals surface area contributed by atoms with E-state index in [1.165, 1.54) is 0 Å². The van der Waals surface area contributed by atoms with Crippen molar-refractivity contribution in [1.29, 1.82) is 0 Å². The molecular formula is C13H10ClF3. The molecule has 0 heterocycles. The molecule has 90 valence electrons. The van der Waals surface area contributed by atoms with Crippen LogP contribution in [0.15, 0.2) is 42.5 Å². The third-order valence-electron chi connectivity index (χ3n) is 2.57. The lowest BCUT2D eigenvalue weighted by Crippen LogP contribution is -2.10. The van der Waals surface area contributed by atoms with E-state index in [9.17, 15) is 13.2 Å². The number of alkyl halides is 4. The van der Waals surface area contributed by atoms with E-state index < -0.39 is 18.0 Å². The quantitative estimate of drug-likeness (QED) is 0.660. The molecule has 2 aromatic rings. The van der Waals surface area contributed by atoms with Crippen molar-refractivity contribution in [2.75, 3.05) is 0 Å². The van der Waals surface area contributed by atoms with Gasteiger partial charge in [0.2, 0.25) is 0 Å². The van der Waals surface area contributed by atoms with Crippen LogP contribution in [0.3, 0.4) is 0 Å². The van der Waals surface area contributed by atoms with Crippen LogP contribution in [0.4, 0.5) is 13.2 Å². The predicted octanol–water partition coefficient (Wildman–Crippen LogP) is 5.07. The van der Waals surface area contributed by atoms with Gasteiger partial charge in [0.15, 0.2) is 0 Å². The summed E-state index contributed by atoms with van der Waals surface area (Å²) in [6.07, 6.45) is -5.26. The molecule has 17 heavy (non-hydrogen) atoms. The van der Waals surface area contributed by atoms with Gasteiger partial charge in [-0.1, -0.05) is 42.5 Å². The first kappa shape index (κ1) is 12.2. The molecule has 0 saturated carbocycles. The van der Waals surface area contributed by atoms with E-state index in [1.807, 2.05) is 18.2 Å². The van der Waals surface area contributed by atoms with Crippen molar-refractivity contribution in [3.8, 4) is 0 Å². The number of rotatable bonds is 2. The Morgan fingerprint density at radius 2 is 1.65 bits per heavy atom. The second kappa shape index (κ2) is 4.57. The maximum atomic E-state index is 12.3. The van der Waals surface area contributed by atoms with Crippen LogP contribution in [-0.2, 0) is 0 Å². The first-order chi connectivity index (χ1) is 7.97. The lowest BCUT2D eigenvalue weighted by molar-refractivity contribution is -0.134. The Kier molecular flexibility index (Phi) is 3.29. The summed E-state index contributed by atoms with van der Waals surface area (Å²) >= 11 is 5.85. The van der Waals surface area contributed by atoms with E-state index in [4.69, 9.17) is 11.6 Å². The van der Waals surface area contributed by atoms with Crippen LogP contribution in [0.5, 0.6) is 0 Å². The van der Waals surface area contributed by atoms with Gasteiger partial charge in [-0.2, -0.15) is 13.2 Å². The van der Waals surface area contributed by atoms with E-state index >= 15 is 0 Å². The second-order valence-electron chi connectivity index (χ2n) is 3.86. The average Bonchev–Trinajstić information content (AvgIpc) is 2.26. The van der Waals surface area contributed by atoms with Gasteiger partial charge in [-0.25, -0.2) is 0 Å². The molecule has 0 nitrogen and oxygen atoms in total. The molecule has 0 aliphatic rings. The zero-order valence-corrected chi connectivity index (χ0v) is 9.59. The van der Waals surface area contributed by atoms with E-state index in [1.54, 1.807) is 24.3 Å². The van der Waals surface area contributed by atoms with Crippen LogP contribution in [0.2, 0.25) is 0 Å². The van der Waals surface area contributed by atoms with Gasteiger partial charge < -0.3 is 0 Å². The summed E-state index contributed by atoms with van der Waals surface area (Å²) in [6.45, 7) is 0. The minimum absolute atomic E-state index is 0.530. The maximum Gasteiger partial charge on any atom is 0.390 e. The van der Waals surface area contributed by atoms with Crippen molar-refractivity contribution in [2.45, 2.75) is 18.0 Å². The van der Waals surface area contributed by atoms with Crippen LogP contribution in [-0.4, -0.2) is 6.18 Å². The first-order valence-electron chi connectivity index (χ1n) is 5.16. The highest BCUT2D eigenvalue weighted by molar-refractivity contribution is 6.21. The summed E-state index contributed by atoms with van der Waals surface area (Å²) in [6, 6.07) is 12.5. The Labute approximate surface area is 102 Å². The van der Waals surface area contributed by atoms with Crippen molar-refractivity contribution >= 4 is 22.4 Å². The van der Waals surface area contributed by atoms with Crippen molar-refractivity contribution < 1.29 is 13.2 Å². The fourth-order valence-corrected chi connectivity index (χ4v) is 2.20. The minimum Gasteiger partial charge on any atom is -0.171 e. The van der Waals surface area contributed by atoms with Gasteiger partial charge in [0, 0.05) is 0 Å². The van der Waals surface area contributed by atoms with Crippen LogP contribution in [0.1, 0.15) is 17.4 Å². The molecule has 1 atom stereocenters. The summed E-state index contributed by atoms with van der Waals surface area (Å²) in [5.74, 6) is 0. The number of hydrogen-bond acceptors (Lipinski definition) is 0. The molecule has 0 spiro atoms. The third kappa shape index (κ3) is 2.91. The molecule has 4 heteroatoms. The molecule has 2 rings (SSSR count). The summed E-state index contributed by atoms with van der Waals surface area (Å²) in [5.41, 5.74) is 0.530. The van der Waals surface area contributed by atoms with E-state index in [2.05, 4.69) is 0 Å². The van der Waals surface area contributed by atoms with Crippen LogP contribution in [0.25, 0.3) is 10.8 Å². The monoisotopic (exact) mass is 258 g/mol. The molecule has 0 aliphatic carbocycles. The number of halogens is 4. The summed E-state index contributed by atoms with van der Waals surface area (Å²) < 4.78 is 36.9. The topological polar surface area (TPSA) is 0 Å². The van der Waals surface area contributed by atoms with E-state index in [0.717, 1.165) is 10.8 Å². The summed E-state index contributed by atoms with van der Waals surface area (Å²) in [4.78, 5) is 0. The van der Waals surface area contributed by atoms with Crippen LogP contribution < -0.4 is 0 Å². The molecule has 2 aromatic carbocycles. The molecule has 0 saturated heterocycles. The Morgan fingerprint density at radius 3 is 2.35 bits per heavy atom. The highest BCUT2D eigenvalue weighted by Gasteiger charge is 2.32. The molecule has 0 bridgehead atoms. The second-order valence-corrected chi connectivity index (χ2v) is 4.38. The van der Waals surface area contributed by atoms with Gasteiger partial charge in [-0.3, -0.25) is 0 Å². The lowest BCUT2D eigenvalue weighted by Gasteiger charge is -2.14. The lowest BCUT2D eigenvalue weighted by atomic mass is 10.0. The van der Waals surface area contributed by atoms with Crippen molar-refractivity contribution in [3.05, 3.63) is 48.0 Å². The van der Waals surface area contributed by atoms with Crippen LogP contribution >= 0.6 is 11.6 Å². The molecular weight excluding hydrogens is 249 g/mol. The van der Waals surface area contributed by atoms with Gasteiger partial charge in [0.25, 0.3) is 0 Å². The molecule has 0 aliphatic heterocycles. The Morgan fingerprint density at radius 1 is 1.00 bits per heavy atom. The average molecular weight is 259 g/mol. The SMILES string of the molecule is FC(F)(F)CC(Cl)c1cccc2ccccc12. The zero-order chi connectivity index (χ0) is 12.5. The van der Waals surface area contributed by atoms with Gasteiger partial charge in [0.05, 0.1) is 11.8 Å². The number of fused-ring (bicyclic) bond motifs is 1. The summed E-state index contributed by atoms with van der Waals surface area (Å²) in [5, 5.41) is 0.637.